The summed E-state index contributed by atoms with van der Waals surface area (Å²) < 4.78 is 0. The number of carboxylic acids is 2. The first-order valence-electron chi connectivity index (χ1n) is 25.7. The average molecular weight is 1120 g/mol. The second-order valence-electron chi connectivity index (χ2n) is 20.5. The summed E-state index contributed by atoms with van der Waals surface area (Å²) in [6.45, 7) is 9.23. The highest BCUT2D eigenvalue weighted by atomic mass is 16.4. The van der Waals surface area contributed by atoms with Gasteiger partial charge in [-0.1, -0.05) is 77.9 Å². The highest BCUT2D eigenvalue weighted by molar-refractivity contribution is 5.99. The Balaban J connectivity index is 1.97. The Kier molecular flexibility index (Phi) is 25.8. The van der Waals surface area contributed by atoms with Gasteiger partial charge in [0.1, 0.15) is 59.5 Å². The summed E-state index contributed by atoms with van der Waals surface area (Å²) in [5.41, 5.74) is 12.7. The van der Waals surface area contributed by atoms with Gasteiger partial charge < -0.3 is 79.5 Å². The van der Waals surface area contributed by atoms with E-state index in [1.54, 1.807) is 13.8 Å². The molecule has 0 saturated carbocycles. The number of rotatable bonds is 32. The second-order valence-corrected chi connectivity index (χ2v) is 20.5. The van der Waals surface area contributed by atoms with Crippen molar-refractivity contribution in [3.63, 3.8) is 0 Å². The number of nitrogens with one attached hydrogen (secondary N) is 8. The highest BCUT2D eigenvalue weighted by Crippen LogP contribution is 2.17. The van der Waals surface area contributed by atoms with Crippen LogP contribution in [-0.4, -0.2) is 146 Å². The molecule has 0 radical (unpaired) electrons. The molecule has 0 saturated heterocycles. The van der Waals surface area contributed by atoms with Crippen LogP contribution in [0.25, 0.3) is 0 Å². The largest absolute Gasteiger partial charge is 0.508 e. The fraction of sp³-hybridized carbons (Fsp3) is 0.463. The molecule has 3 rings (SSSR count). The first-order chi connectivity index (χ1) is 37.5. The molecule has 26 heteroatoms. The predicted octanol–water partition coefficient (Wildman–Crippen LogP) is -1.15. The van der Waals surface area contributed by atoms with Crippen molar-refractivity contribution in [3.05, 3.63) is 89.5 Å². The summed E-state index contributed by atoms with van der Waals surface area (Å²) in [5, 5.41) is 68.6. The lowest BCUT2D eigenvalue weighted by Gasteiger charge is -2.27. The molecule has 0 heterocycles. The van der Waals surface area contributed by atoms with Gasteiger partial charge in [0.05, 0.1) is 25.4 Å². The maximum atomic E-state index is 14.6. The standard InChI is InChI=1S/C54H74N10O16/c1-27(2)19-36(55)47(72)59-41(24-43(56)68)52(77)62-40(23-32-11-17-35(67)18-12-32)51(76)61-39(22-31-9-15-34(66)16-10-31)50(75)60-38(21-30-7-13-33(65)14-8-30)48(73)57-26-44(69)58-37(20-28(3)4)49(74)63-42(25-45(70)71)53(78)64-46(29(5)6)54(79)80/h7-18,27-29,36-42,46,65-67H,19-26,55H2,1-6H3,(H2,56,68)(H,57,73)(H,58,69)(H,59,72)(H,60,75)(H,61,76)(H,62,77)(H,63,74)(H,64,78)(H,70,71)(H,79,80)/t36-,37-,38-,39-,40-,41-,42-,46-/m0/s1. The lowest BCUT2D eigenvalue weighted by molar-refractivity contribution is -0.144. The Labute approximate surface area is 462 Å². The molecule has 80 heavy (non-hydrogen) atoms. The minimum Gasteiger partial charge on any atom is -0.508 e. The fourth-order valence-corrected chi connectivity index (χ4v) is 8.01. The molecule has 3 aromatic carbocycles. The third-order valence-electron chi connectivity index (χ3n) is 12.2. The molecular formula is C54H74N10O16. The van der Waals surface area contributed by atoms with E-state index in [1.807, 2.05) is 13.8 Å². The fourth-order valence-electron chi connectivity index (χ4n) is 8.01. The zero-order valence-corrected chi connectivity index (χ0v) is 45.3. The van der Waals surface area contributed by atoms with Crippen LogP contribution in [0.3, 0.4) is 0 Å². The Hall–Kier alpha value is -8.81. The van der Waals surface area contributed by atoms with Crippen molar-refractivity contribution in [1.29, 1.82) is 0 Å². The average Bonchev–Trinajstić information content (AvgIpc) is 3.36. The molecule has 3 aromatic rings. The summed E-state index contributed by atoms with van der Waals surface area (Å²) in [7, 11) is 0. The zero-order chi connectivity index (χ0) is 60.0. The van der Waals surface area contributed by atoms with Crippen molar-refractivity contribution in [3.8, 4) is 17.2 Å². The molecule has 0 aromatic heterocycles. The molecular weight excluding hydrogens is 1040 g/mol. The maximum Gasteiger partial charge on any atom is 0.326 e. The number of carboxylic acid groups (broad SMARTS) is 2. The van der Waals surface area contributed by atoms with Crippen LogP contribution >= 0.6 is 0 Å². The molecule has 17 N–H and O–H groups in total. The predicted molar refractivity (Wildman–Crippen MR) is 287 cm³/mol. The number of benzene rings is 3. The van der Waals surface area contributed by atoms with E-state index in [4.69, 9.17) is 11.5 Å². The van der Waals surface area contributed by atoms with E-state index in [9.17, 15) is 78.3 Å². The van der Waals surface area contributed by atoms with E-state index in [0.717, 1.165) is 0 Å². The summed E-state index contributed by atoms with van der Waals surface area (Å²) in [6, 6.07) is 4.63. The summed E-state index contributed by atoms with van der Waals surface area (Å²) in [5.74, 6) is -13.0. The first-order valence-corrected chi connectivity index (χ1v) is 25.7. The maximum absolute atomic E-state index is 14.6. The van der Waals surface area contributed by atoms with Crippen LogP contribution in [0, 0.1) is 17.8 Å². The number of hydrogen-bond donors (Lipinski definition) is 15. The molecule has 26 nitrogen and oxygen atoms in total. The third kappa shape index (κ3) is 23.0. The Morgan fingerprint density at radius 3 is 1.16 bits per heavy atom. The minimum atomic E-state index is -1.76. The van der Waals surface area contributed by atoms with Gasteiger partial charge in [-0.05, 0) is 83.7 Å². The number of aliphatic carboxylic acids is 2. The van der Waals surface area contributed by atoms with E-state index in [1.165, 1.54) is 86.6 Å². The third-order valence-corrected chi connectivity index (χ3v) is 12.2. The van der Waals surface area contributed by atoms with E-state index in [2.05, 4.69) is 42.5 Å². The molecule has 0 aliphatic heterocycles. The SMILES string of the molecule is CC(C)C[C@H](NC(=O)CNC(=O)[C@H](Cc1ccc(O)cc1)NC(=O)[C@H](Cc1ccc(O)cc1)NC(=O)[C@H](Cc1ccc(O)cc1)NC(=O)[C@H](CC(N)=O)NC(=O)[C@@H](N)CC(C)C)C(=O)N[C@@H](CC(=O)O)C(=O)N[C@H](C(=O)O)C(C)C. The summed E-state index contributed by atoms with van der Waals surface area (Å²) in [4.78, 5) is 146. The van der Waals surface area contributed by atoms with Crippen LogP contribution in [0.2, 0.25) is 0 Å². The van der Waals surface area contributed by atoms with Gasteiger partial charge in [0, 0.05) is 19.3 Å². The van der Waals surface area contributed by atoms with Crippen LogP contribution in [0.1, 0.15) is 83.9 Å². The van der Waals surface area contributed by atoms with Crippen LogP contribution in [-0.2, 0) is 72.0 Å². The van der Waals surface area contributed by atoms with Gasteiger partial charge in [0.25, 0.3) is 0 Å². The van der Waals surface area contributed by atoms with Crippen LogP contribution < -0.4 is 54.0 Å². The van der Waals surface area contributed by atoms with Crippen molar-refractivity contribution in [2.75, 3.05) is 6.54 Å². The van der Waals surface area contributed by atoms with Crippen molar-refractivity contribution in [2.45, 2.75) is 135 Å². The monoisotopic (exact) mass is 1120 g/mol. The molecule has 0 aliphatic rings. The molecule has 436 valence electrons. The Morgan fingerprint density at radius 1 is 0.438 bits per heavy atom. The van der Waals surface area contributed by atoms with E-state index in [-0.39, 0.29) is 61.2 Å². The summed E-state index contributed by atoms with van der Waals surface area (Å²) in [6.07, 6.45) is -2.34. The lowest BCUT2D eigenvalue weighted by Crippen LogP contribution is -2.60. The topological polar surface area (TPSA) is 437 Å². The highest BCUT2D eigenvalue weighted by Gasteiger charge is 2.35. The van der Waals surface area contributed by atoms with E-state index in [0.29, 0.717) is 16.7 Å². The molecule has 0 bridgehead atoms. The van der Waals surface area contributed by atoms with Crippen LogP contribution in [0.15, 0.2) is 72.8 Å². The van der Waals surface area contributed by atoms with E-state index >= 15 is 0 Å². The first kappa shape index (κ1) is 65.5. The van der Waals surface area contributed by atoms with E-state index < -0.39 is 139 Å². The Bertz CT molecular complexity index is 2650. The number of aromatic hydroxyl groups is 3. The van der Waals surface area contributed by atoms with Gasteiger partial charge in [-0.3, -0.25) is 47.9 Å². The van der Waals surface area contributed by atoms with Gasteiger partial charge in [0.2, 0.25) is 53.2 Å². The summed E-state index contributed by atoms with van der Waals surface area (Å²) >= 11 is 0. The van der Waals surface area contributed by atoms with Crippen LogP contribution in [0.5, 0.6) is 17.2 Å². The van der Waals surface area contributed by atoms with Crippen molar-refractivity contribution in [1.82, 2.24) is 42.5 Å². The quantitative estimate of drug-likeness (QED) is 0.0351. The number of carbonyl (C=O) groups excluding carboxylic acids is 9. The second kappa shape index (κ2) is 31.6. The molecule has 0 spiro atoms. The van der Waals surface area contributed by atoms with Gasteiger partial charge in [-0.15, -0.1) is 0 Å². The Morgan fingerprint density at radius 2 is 0.787 bits per heavy atom. The number of hydrogen-bond acceptors (Lipinski definition) is 15. The number of nitrogens with two attached hydrogens (primary N) is 2. The van der Waals surface area contributed by atoms with Crippen LogP contribution in [0.4, 0.5) is 0 Å². The smallest absolute Gasteiger partial charge is 0.326 e. The van der Waals surface area contributed by atoms with Crippen molar-refractivity contribution < 1.29 is 78.3 Å². The molecule has 0 fully saturated rings. The minimum absolute atomic E-state index is 0.0182. The molecule has 8 atom stereocenters. The van der Waals surface area contributed by atoms with Crippen molar-refractivity contribution >= 4 is 65.1 Å². The van der Waals surface area contributed by atoms with Gasteiger partial charge in [-0.25, -0.2) is 4.79 Å². The van der Waals surface area contributed by atoms with Gasteiger partial charge in [0.15, 0.2) is 0 Å². The number of amides is 9. The van der Waals surface area contributed by atoms with Gasteiger partial charge in [-0.2, -0.15) is 0 Å². The van der Waals surface area contributed by atoms with Gasteiger partial charge >= 0.3 is 11.9 Å². The number of phenols is 3. The molecule has 9 amide bonds. The number of carbonyl (C=O) groups is 11. The van der Waals surface area contributed by atoms with Crippen molar-refractivity contribution in [2.24, 2.45) is 29.2 Å². The number of phenolic OH excluding ortho intramolecular Hbond substituents is 3. The molecule has 0 aliphatic carbocycles. The molecule has 0 unspecified atom stereocenters. The number of primary amides is 1. The zero-order valence-electron chi connectivity index (χ0n) is 45.3. The lowest BCUT2D eigenvalue weighted by atomic mass is 10.0. The normalized spacial score (nSPS) is 14.1.